The molecule has 13 heavy (non-hydrogen) atoms. The zero-order chi connectivity index (χ0) is 9.84. The molecule has 72 valence electrons. The maximum atomic E-state index is 2.22. The summed E-state index contributed by atoms with van der Waals surface area (Å²) in [4.78, 5) is 3.54. The van der Waals surface area contributed by atoms with Crippen LogP contribution in [0.4, 0.5) is 0 Å². The molecular formula is C11H17NS. The van der Waals surface area contributed by atoms with Crippen LogP contribution in [0.25, 0.3) is 0 Å². The van der Waals surface area contributed by atoms with E-state index in [4.69, 9.17) is 0 Å². The van der Waals surface area contributed by atoms with E-state index in [9.17, 15) is 0 Å². The molecule has 0 saturated heterocycles. The van der Waals surface area contributed by atoms with E-state index in [1.165, 1.54) is 10.5 Å². The molecular weight excluding hydrogens is 178 g/mol. The Morgan fingerprint density at radius 2 is 1.69 bits per heavy atom. The summed E-state index contributed by atoms with van der Waals surface area (Å²) < 4.78 is 0. The monoisotopic (exact) mass is 195 g/mol. The highest BCUT2D eigenvalue weighted by Crippen LogP contribution is 2.21. The zero-order valence-electron chi connectivity index (χ0n) is 8.74. The molecule has 1 atom stereocenters. The van der Waals surface area contributed by atoms with Gasteiger partial charge < -0.3 is 4.90 Å². The lowest BCUT2D eigenvalue weighted by Crippen LogP contribution is -2.16. The summed E-state index contributed by atoms with van der Waals surface area (Å²) in [5.74, 6) is 0. The van der Waals surface area contributed by atoms with E-state index < -0.39 is 0 Å². The second kappa shape index (κ2) is 4.68. The second-order valence-electron chi connectivity index (χ2n) is 3.41. The molecule has 0 aliphatic carbocycles. The Kier molecular flexibility index (Phi) is 3.82. The highest BCUT2D eigenvalue weighted by atomic mass is 32.2. The van der Waals surface area contributed by atoms with Gasteiger partial charge in [0.05, 0.1) is 0 Å². The number of thioether (sulfide) groups is 1. The Bertz CT molecular complexity index is 253. The average Bonchev–Trinajstić information content (AvgIpc) is 2.17. The van der Waals surface area contributed by atoms with Gasteiger partial charge in [0, 0.05) is 10.9 Å². The standard InChI is InChI=1S/C11H17NS/c1-9(12(2)3)10-5-7-11(13-4)8-6-10/h5-9H,1-4H3. The number of hydrogen-bond donors (Lipinski definition) is 0. The second-order valence-corrected chi connectivity index (χ2v) is 4.29. The summed E-state index contributed by atoms with van der Waals surface area (Å²) in [7, 11) is 4.21. The van der Waals surface area contributed by atoms with Crippen LogP contribution < -0.4 is 0 Å². The van der Waals surface area contributed by atoms with Gasteiger partial charge in [0.1, 0.15) is 0 Å². The summed E-state index contributed by atoms with van der Waals surface area (Å²) in [6, 6.07) is 9.27. The van der Waals surface area contributed by atoms with Crippen LogP contribution in [0.1, 0.15) is 18.5 Å². The van der Waals surface area contributed by atoms with Crippen LogP contribution in [0.2, 0.25) is 0 Å². The summed E-state index contributed by atoms with van der Waals surface area (Å²) in [5.41, 5.74) is 1.38. The Morgan fingerprint density at radius 3 is 2.08 bits per heavy atom. The summed E-state index contributed by atoms with van der Waals surface area (Å²) in [5, 5.41) is 0. The molecule has 0 saturated carbocycles. The van der Waals surface area contributed by atoms with Gasteiger partial charge in [0.25, 0.3) is 0 Å². The molecule has 1 unspecified atom stereocenters. The van der Waals surface area contributed by atoms with Gasteiger partial charge in [-0.05, 0) is 45.0 Å². The molecule has 0 amide bonds. The molecule has 1 aromatic carbocycles. The van der Waals surface area contributed by atoms with Gasteiger partial charge in [0.2, 0.25) is 0 Å². The molecule has 0 aliphatic heterocycles. The van der Waals surface area contributed by atoms with Gasteiger partial charge >= 0.3 is 0 Å². The summed E-state index contributed by atoms with van der Waals surface area (Å²) >= 11 is 1.78. The molecule has 2 heteroatoms. The number of rotatable bonds is 3. The molecule has 1 aromatic rings. The molecule has 0 heterocycles. The summed E-state index contributed by atoms with van der Waals surface area (Å²) in [6.45, 7) is 2.22. The van der Waals surface area contributed by atoms with Gasteiger partial charge in [0.15, 0.2) is 0 Å². The predicted octanol–water partition coefficient (Wildman–Crippen LogP) is 3.03. The Morgan fingerprint density at radius 1 is 1.15 bits per heavy atom. The average molecular weight is 195 g/mol. The van der Waals surface area contributed by atoms with E-state index in [-0.39, 0.29) is 0 Å². The zero-order valence-corrected chi connectivity index (χ0v) is 9.56. The minimum absolute atomic E-state index is 0.496. The van der Waals surface area contributed by atoms with E-state index >= 15 is 0 Å². The fourth-order valence-electron chi connectivity index (χ4n) is 1.18. The molecule has 0 N–H and O–H groups in total. The highest BCUT2D eigenvalue weighted by Gasteiger charge is 2.06. The first-order valence-electron chi connectivity index (χ1n) is 4.45. The first-order chi connectivity index (χ1) is 6.15. The first-order valence-corrected chi connectivity index (χ1v) is 5.68. The van der Waals surface area contributed by atoms with Gasteiger partial charge in [-0.1, -0.05) is 12.1 Å². The largest absolute Gasteiger partial charge is 0.303 e. The normalized spacial score (nSPS) is 13.3. The van der Waals surface area contributed by atoms with Crippen LogP contribution in [-0.2, 0) is 0 Å². The van der Waals surface area contributed by atoms with Crippen LogP contribution in [-0.4, -0.2) is 25.3 Å². The smallest absolute Gasteiger partial charge is 0.0313 e. The van der Waals surface area contributed by atoms with Crippen molar-refractivity contribution in [2.24, 2.45) is 0 Å². The predicted molar refractivity (Wildman–Crippen MR) is 60.3 cm³/mol. The van der Waals surface area contributed by atoms with E-state index in [1.807, 2.05) is 0 Å². The Balaban J connectivity index is 2.79. The van der Waals surface area contributed by atoms with E-state index in [2.05, 4.69) is 56.4 Å². The number of benzene rings is 1. The molecule has 0 aliphatic rings. The molecule has 1 rings (SSSR count). The lowest BCUT2D eigenvalue weighted by atomic mass is 10.1. The lowest BCUT2D eigenvalue weighted by molar-refractivity contribution is 0.321. The highest BCUT2D eigenvalue weighted by molar-refractivity contribution is 7.98. The van der Waals surface area contributed by atoms with Crippen molar-refractivity contribution in [2.75, 3.05) is 20.4 Å². The topological polar surface area (TPSA) is 3.24 Å². The maximum absolute atomic E-state index is 2.22. The minimum Gasteiger partial charge on any atom is -0.303 e. The molecule has 0 radical (unpaired) electrons. The Labute approximate surface area is 85.1 Å². The SMILES string of the molecule is CSc1ccc(C(C)N(C)C)cc1. The molecule has 0 fully saturated rings. The number of hydrogen-bond acceptors (Lipinski definition) is 2. The number of nitrogens with zero attached hydrogens (tertiary/aromatic N) is 1. The van der Waals surface area contributed by atoms with Crippen molar-refractivity contribution in [3.63, 3.8) is 0 Å². The van der Waals surface area contributed by atoms with Crippen molar-refractivity contribution >= 4 is 11.8 Å². The maximum Gasteiger partial charge on any atom is 0.0313 e. The lowest BCUT2D eigenvalue weighted by Gasteiger charge is -2.20. The van der Waals surface area contributed by atoms with Crippen LogP contribution >= 0.6 is 11.8 Å². The van der Waals surface area contributed by atoms with Crippen LogP contribution in [0, 0.1) is 0 Å². The van der Waals surface area contributed by atoms with Crippen molar-refractivity contribution in [3.05, 3.63) is 29.8 Å². The van der Waals surface area contributed by atoms with Crippen LogP contribution in [0.15, 0.2) is 29.2 Å². The third kappa shape index (κ3) is 2.75. The molecule has 0 bridgehead atoms. The Hall–Kier alpha value is -0.470. The van der Waals surface area contributed by atoms with Gasteiger partial charge in [-0.15, -0.1) is 11.8 Å². The van der Waals surface area contributed by atoms with Crippen LogP contribution in [0.3, 0.4) is 0 Å². The third-order valence-corrected chi connectivity index (χ3v) is 3.12. The van der Waals surface area contributed by atoms with Crippen molar-refractivity contribution in [3.8, 4) is 0 Å². The molecule has 0 aromatic heterocycles. The van der Waals surface area contributed by atoms with Crippen molar-refractivity contribution in [1.82, 2.24) is 4.90 Å². The van der Waals surface area contributed by atoms with Gasteiger partial charge in [-0.2, -0.15) is 0 Å². The fourth-order valence-corrected chi connectivity index (χ4v) is 1.59. The van der Waals surface area contributed by atoms with Crippen molar-refractivity contribution < 1.29 is 0 Å². The van der Waals surface area contributed by atoms with E-state index in [0.29, 0.717) is 6.04 Å². The van der Waals surface area contributed by atoms with E-state index in [0.717, 1.165) is 0 Å². The van der Waals surface area contributed by atoms with Gasteiger partial charge in [-0.3, -0.25) is 0 Å². The fraction of sp³-hybridized carbons (Fsp3) is 0.455. The van der Waals surface area contributed by atoms with Gasteiger partial charge in [-0.25, -0.2) is 0 Å². The van der Waals surface area contributed by atoms with Crippen molar-refractivity contribution in [2.45, 2.75) is 17.9 Å². The van der Waals surface area contributed by atoms with E-state index in [1.54, 1.807) is 11.8 Å². The third-order valence-electron chi connectivity index (χ3n) is 2.37. The van der Waals surface area contributed by atoms with Crippen LogP contribution in [0.5, 0.6) is 0 Å². The quantitative estimate of drug-likeness (QED) is 0.682. The van der Waals surface area contributed by atoms with Crippen molar-refractivity contribution in [1.29, 1.82) is 0 Å². The minimum atomic E-state index is 0.496. The first kappa shape index (κ1) is 10.6. The molecule has 1 nitrogen and oxygen atoms in total. The molecule has 0 spiro atoms. The summed E-state index contributed by atoms with van der Waals surface area (Å²) in [6.07, 6.45) is 2.10.